The van der Waals surface area contributed by atoms with Crippen LogP contribution in [0.2, 0.25) is 0 Å². The molecule has 3 rings (SSSR count). The highest BCUT2D eigenvalue weighted by atomic mass is 16.5. The number of carbonyl (C=O) groups is 2. The van der Waals surface area contributed by atoms with Crippen molar-refractivity contribution in [2.75, 3.05) is 39.4 Å². The first kappa shape index (κ1) is 19.8. The second-order valence-corrected chi connectivity index (χ2v) is 6.66. The van der Waals surface area contributed by atoms with Gasteiger partial charge in [0.1, 0.15) is 18.8 Å². The van der Waals surface area contributed by atoms with E-state index < -0.39 is 0 Å². The van der Waals surface area contributed by atoms with Crippen LogP contribution in [0.3, 0.4) is 0 Å². The van der Waals surface area contributed by atoms with E-state index >= 15 is 0 Å². The number of morpholine rings is 1. The van der Waals surface area contributed by atoms with Crippen LogP contribution in [-0.2, 0) is 9.53 Å². The van der Waals surface area contributed by atoms with Gasteiger partial charge in [0.15, 0.2) is 0 Å². The Kier molecular flexibility index (Phi) is 7.35. The number of amides is 2. The summed E-state index contributed by atoms with van der Waals surface area (Å²) in [5.74, 6) is -0.600. The van der Waals surface area contributed by atoms with Crippen molar-refractivity contribution in [2.24, 2.45) is 0 Å². The highest BCUT2D eigenvalue weighted by molar-refractivity contribution is 6.05. The number of benzene rings is 2. The van der Waals surface area contributed by atoms with Crippen LogP contribution in [0, 0.1) is 0 Å². The Hall–Kier alpha value is -2.96. The van der Waals surface area contributed by atoms with E-state index in [1.54, 1.807) is 30.3 Å². The van der Waals surface area contributed by atoms with Crippen LogP contribution in [0.4, 0.5) is 0 Å². The van der Waals surface area contributed by atoms with Gasteiger partial charge in [-0.2, -0.15) is 0 Å². The molecular formula is C22H26N3O3+. The van der Waals surface area contributed by atoms with E-state index in [-0.39, 0.29) is 17.5 Å². The number of rotatable bonds is 7. The third kappa shape index (κ3) is 6.04. The molecule has 6 nitrogen and oxygen atoms in total. The maximum absolute atomic E-state index is 12.7. The molecule has 28 heavy (non-hydrogen) atoms. The number of hydrogen-bond donors (Lipinski definition) is 3. The van der Waals surface area contributed by atoms with Crippen molar-refractivity contribution in [3.8, 4) is 0 Å². The van der Waals surface area contributed by atoms with Crippen LogP contribution in [0.25, 0.3) is 6.08 Å². The first-order valence-electron chi connectivity index (χ1n) is 9.55. The van der Waals surface area contributed by atoms with Crippen LogP contribution < -0.4 is 15.5 Å². The third-order valence-corrected chi connectivity index (χ3v) is 4.60. The van der Waals surface area contributed by atoms with E-state index in [1.807, 2.05) is 36.4 Å². The average molecular weight is 380 g/mol. The minimum Gasteiger partial charge on any atom is -0.370 e. The van der Waals surface area contributed by atoms with Crippen molar-refractivity contribution < 1.29 is 19.2 Å². The number of carbonyl (C=O) groups excluding carboxylic acids is 2. The Morgan fingerprint density at radius 2 is 1.61 bits per heavy atom. The molecule has 6 heteroatoms. The molecule has 1 heterocycles. The highest BCUT2D eigenvalue weighted by Crippen LogP contribution is 2.07. The van der Waals surface area contributed by atoms with Gasteiger partial charge < -0.3 is 20.3 Å². The largest absolute Gasteiger partial charge is 0.370 e. The monoisotopic (exact) mass is 380 g/mol. The van der Waals surface area contributed by atoms with Gasteiger partial charge in [0.2, 0.25) is 0 Å². The molecule has 1 fully saturated rings. The molecule has 0 radical (unpaired) electrons. The quantitative estimate of drug-likeness (QED) is 0.612. The number of nitrogens with one attached hydrogen (secondary N) is 3. The number of quaternary nitrogens is 1. The lowest BCUT2D eigenvalue weighted by Crippen LogP contribution is -3.14. The molecule has 1 saturated heterocycles. The van der Waals surface area contributed by atoms with Crippen molar-refractivity contribution in [2.45, 2.75) is 0 Å². The highest BCUT2D eigenvalue weighted by Gasteiger charge is 2.17. The van der Waals surface area contributed by atoms with Gasteiger partial charge in [0, 0.05) is 5.56 Å². The fourth-order valence-corrected chi connectivity index (χ4v) is 3.02. The lowest BCUT2D eigenvalue weighted by molar-refractivity contribution is -0.906. The van der Waals surface area contributed by atoms with Crippen molar-refractivity contribution in [1.29, 1.82) is 0 Å². The molecule has 1 aliphatic rings. The van der Waals surface area contributed by atoms with E-state index in [0.29, 0.717) is 12.1 Å². The minimum absolute atomic E-state index is 0.233. The van der Waals surface area contributed by atoms with Gasteiger partial charge in [-0.1, -0.05) is 48.5 Å². The van der Waals surface area contributed by atoms with Gasteiger partial charge >= 0.3 is 0 Å². The Morgan fingerprint density at radius 3 is 2.29 bits per heavy atom. The standard InChI is InChI=1S/C22H25N3O3/c26-21(19-9-5-2-6-10-19)24-20(17-18-7-3-1-4-8-18)22(27)23-11-12-25-13-15-28-16-14-25/h1-10,17H,11-16H2,(H,23,27)(H,24,26)/p+1/b20-17-. The van der Waals surface area contributed by atoms with Crippen LogP contribution in [0.15, 0.2) is 66.4 Å². The summed E-state index contributed by atoms with van der Waals surface area (Å²) < 4.78 is 5.35. The normalized spacial score (nSPS) is 15.1. The second-order valence-electron chi connectivity index (χ2n) is 6.66. The number of ether oxygens (including phenoxy) is 1. The molecule has 0 bridgehead atoms. The summed E-state index contributed by atoms with van der Waals surface area (Å²) in [7, 11) is 0. The van der Waals surface area contributed by atoms with Crippen molar-refractivity contribution in [3.63, 3.8) is 0 Å². The Labute approximate surface area is 165 Å². The SMILES string of the molecule is O=C(NCC[NH+]1CCOCC1)/C(=C/c1ccccc1)NC(=O)c1ccccc1. The molecule has 2 amide bonds. The summed E-state index contributed by atoms with van der Waals surface area (Å²) in [6, 6.07) is 18.3. The maximum Gasteiger partial charge on any atom is 0.268 e. The van der Waals surface area contributed by atoms with Gasteiger partial charge in [-0.25, -0.2) is 0 Å². The van der Waals surface area contributed by atoms with Gasteiger partial charge in [0.25, 0.3) is 11.8 Å². The molecule has 0 aromatic heterocycles. The van der Waals surface area contributed by atoms with Gasteiger partial charge in [-0.05, 0) is 23.8 Å². The predicted molar refractivity (Wildman–Crippen MR) is 108 cm³/mol. The predicted octanol–water partition coefficient (Wildman–Crippen LogP) is 0.489. The van der Waals surface area contributed by atoms with Crippen LogP contribution in [0.1, 0.15) is 15.9 Å². The molecule has 2 aromatic carbocycles. The van der Waals surface area contributed by atoms with E-state index in [1.165, 1.54) is 4.90 Å². The molecule has 3 N–H and O–H groups in total. The maximum atomic E-state index is 12.7. The number of hydrogen-bond acceptors (Lipinski definition) is 3. The molecule has 0 spiro atoms. The average Bonchev–Trinajstić information content (AvgIpc) is 2.75. The summed E-state index contributed by atoms with van der Waals surface area (Å²) in [6.07, 6.45) is 1.69. The van der Waals surface area contributed by atoms with Crippen LogP contribution >= 0.6 is 0 Å². The van der Waals surface area contributed by atoms with E-state index in [0.717, 1.165) is 38.4 Å². The van der Waals surface area contributed by atoms with Gasteiger partial charge in [-0.3, -0.25) is 9.59 Å². The fraction of sp³-hybridized carbons (Fsp3) is 0.273. The van der Waals surface area contributed by atoms with E-state index in [2.05, 4.69) is 10.6 Å². The molecule has 2 aromatic rings. The molecule has 0 atom stereocenters. The molecule has 0 aliphatic carbocycles. The summed E-state index contributed by atoms with van der Waals surface area (Å²) in [5.41, 5.74) is 1.59. The zero-order chi connectivity index (χ0) is 19.6. The second kappa shape index (κ2) is 10.4. The summed E-state index contributed by atoms with van der Waals surface area (Å²) in [6.45, 7) is 4.80. The van der Waals surface area contributed by atoms with E-state index in [4.69, 9.17) is 4.74 Å². The molecular weight excluding hydrogens is 354 g/mol. The van der Waals surface area contributed by atoms with Crippen LogP contribution in [-0.4, -0.2) is 51.2 Å². The first-order chi connectivity index (χ1) is 13.7. The smallest absolute Gasteiger partial charge is 0.268 e. The fourth-order valence-electron chi connectivity index (χ4n) is 3.02. The molecule has 1 aliphatic heterocycles. The van der Waals surface area contributed by atoms with Crippen molar-refractivity contribution in [1.82, 2.24) is 10.6 Å². The summed E-state index contributed by atoms with van der Waals surface area (Å²) in [5, 5.41) is 5.68. The molecule has 0 saturated carbocycles. The van der Waals surface area contributed by atoms with Crippen molar-refractivity contribution >= 4 is 17.9 Å². The summed E-state index contributed by atoms with van der Waals surface area (Å²) in [4.78, 5) is 26.7. The third-order valence-electron chi connectivity index (χ3n) is 4.60. The lowest BCUT2D eigenvalue weighted by Gasteiger charge is -2.23. The summed E-state index contributed by atoms with van der Waals surface area (Å²) >= 11 is 0. The van der Waals surface area contributed by atoms with Crippen LogP contribution in [0.5, 0.6) is 0 Å². The Morgan fingerprint density at radius 1 is 0.964 bits per heavy atom. The zero-order valence-electron chi connectivity index (χ0n) is 15.8. The first-order valence-corrected chi connectivity index (χ1v) is 9.55. The minimum atomic E-state index is -0.309. The Balaban J connectivity index is 1.65. The molecule has 146 valence electrons. The zero-order valence-corrected chi connectivity index (χ0v) is 15.8. The van der Waals surface area contributed by atoms with Gasteiger partial charge in [0.05, 0.1) is 26.3 Å². The lowest BCUT2D eigenvalue weighted by atomic mass is 10.1. The van der Waals surface area contributed by atoms with Gasteiger partial charge in [-0.15, -0.1) is 0 Å². The topological polar surface area (TPSA) is 71.9 Å². The van der Waals surface area contributed by atoms with E-state index in [9.17, 15) is 9.59 Å². The molecule has 0 unspecified atom stereocenters. The Bertz CT molecular complexity index is 800. The van der Waals surface area contributed by atoms with Crippen molar-refractivity contribution in [3.05, 3.63) is 77.5 Å².